The number of benzene rings is 1. The summed E-state index contributed by atoms with van der Waals surface area (Å²) in [5.74, 6) is 2.48. The van der Waals surface area contributed by atoms with Gasteiger partial charge in [0.2, 0.25) is 0 Å². The largest absolute Gasteiger partial charge is 0.493 e. The van der Waals surface area contributed by atoms with Crippen molar-refractivity contribution >= 4 is 0 Å². The maximum absolute atomic E-state index is 5.73. The number of para-hydroxylation sites is 1. The van der Waals surface area contributed by atoms with E-state index >= 15 is 0 Å². The van der Waals surface area contributed by atoms with Gasteiger partial charge in [-0.1, -0.05) is 32.0 Å². The highest BCUT2D eigenvalue weighted by Gasteiger charge is 2.21. The predicted octanol–water partition coefficient (Wildman–Crippen LogP) is 3.60. The first-order valence-corrected chi connectivity index (χ1v) is 5.51. The van der Waals surface area contributed by atoms with Crippen LogP contribution in [0.3, 0.4) is 0 Å². The topological polar surface area (TPSA) is 9.23 Å². The van der Waals surface area contributed by atoms with Crippen molar-refractivity contribution < 1.29 is 4.74 Å². The number of ether oxygens (including phenoxy) is 1. The molecule has 0 amide bonds. The van der Waals surface area contributed by atoms with Crippen LogP contribution < -0.4 is 4.74 Å². The quantitative estimate of drug-likeness (QED) is 0.657. The van der Waals surface area contributed by atoms with E-state index in [0.29, 0.717) is 11.8 Å². The zero-order chi connectivity index (χ0) is 9.97. The van der Waals surface area contributed by atoms with E-state index in [1.807, 2.05) is 0 Å². The van der Waals surface area contributed by atoms with Crippen LogP contribution in [0.2, 0.25) is 0 Å². The van der Waals surface area contributed by atoms with Crippen molar-refractivity contribution in [3.05, 3.63) is 29.8 Å². The highest BCUT2D eigenvalue weighted by Crippen LogP contribution is 2.37. The number of hydrogen-bond donors (Lipinski definition) is 0. The van der Waals surface area contributed by atoms with Crippen LogP contribution in [0.1, 0.15) is 38.2 Å². The molecule has 1 aromatic carbocycles. The Morgan fingerprint density at radius 2 is 2.07 bits per heavy atom. The van der Waals surface area contributed by atoms with Gasteiger partial charge in [0.15, 0.2) is 0 Å². The average Bonchev–Trinajstić information content (AvgIpc) is 2.39. The maximum Gasteiger partial charge on any atom is 0.122 e. The Morgan fingerprint density at radius 1 is 1.29 bits per heavy atom. The SMILES string of the molecule is CC(C)C1CCCOc2ccccc21. The molecule has 1 aromatic rings. The summed E-state index contributed by atoms with van der Waals surface area (Å²) in [4.78, 5) is 0. The van der Waals surface area contributed by atoms with Crippen molar-refractivity contribution in [3.8, 4) is 5.75 Å². The predicted molar refractivity (Wildman–Crippen MR) is 58.8 cm³/mol. The molecule has 0 saturated heterocycles. The molecule has 1 aliphatic heterocycles. The van der Waals surface area contributed by atoms with E-state index in [-0.39, 0.29) is 0 Å². The molecule has 14 heavy (non-hydrogen) atoms. The molecule has 0 aromatic heterocycles. The Labute approximate surface area is 86.1 Å². The minimum atomic E-state index is 0.675. The van der Waals surface area contributed by atoms with Gasteiger partial charge in [0.1, 0.15) is 5.75 Å². The molecule has 1 heterocycles. The van der Waals surface area contributed by atoms with Gasteiger partial charge in [-0.05, 0) is 36.3 Å². The Kier molecular flexibility index (Phi) is 2.76. The molecule has 1 nitrogen and oxygen atoms in total. The van der Waals surface area contributed by atoms with Crippen LogP contribution in [-0.4, -0.2) is 6.61 Å². The first-order valence-electron chi connectivity index (χ1n) is 5.51. The Hall–Kier alpha value is -0.980. The fraction of sp³-hybridized carbons (Fsp3) is 0.538. The molecule has 0 bridgehead atoms. The van der Waals surface area contributed by atoms with Gasteiger partial charge >= 0.3 is 0 Å². The van der Waals surface area contributed by atoms with Gasteiger partial charge in [-0.3, -0.25) is 0 Å². The zero-order valence-corrected chi connectivity index (χ0v) is 8.99. The highest BCUT2D eigenvalue weighted by atomic mass is 16.5. The second-order valence-electron chi connectivity index (χ2n) is 4.38. The lowest BCUT2D eigenvalue weighted by Gasteiger charge is -2.19. The fourth-order valence-corrected chi connectivity index (χ4v) is 2.25. The lowest BCUT2D eigenvalue weighted by atomic mass is 9.85. The summed E-state index contributed by atoms with van der Waals surface area (Å²) in [5.41, 5.74) is 1.40. The second kappa shape index (κ2) is 4.04. The molecule has 1 atom stereocenters. The molecule has 0 aliphatic carbocycles. The zero-order valence-electron chi connectivity index (χ0n) is 8.99. The minimum absolute atomic E-state index is 0.675. The van der Waals surface area contributed by atoms with E-state index in [1.165, 1.54) is 18.4 Å². The smallest absolute Gasteiger partial charge is 0.122 e. The van der Waals surface area contributed by atoms with Crippen LogP contribution >= 0.6 is 0 Å². The van der Waals surface area contributed by atoms with Gasteiger partial charge in [-0.15, -0.1) is 0 Å². The van der Waals surface area contributed by atoms with Crippen LogP contribution in [-0.2, 0) is 0 Å². The number of rotatable bonds is 1. The molecule has 76 valence electrons. The van der Waals surface area contributed by atoms with E-state index in [0.717, 1.165) is 12.4 Å². The van der Waals surface area contributed by atoms with Crippen molar-refractivity contribution in [2.45, 2.75) is 32.6 Å². The van der Waals surface area contributed by atoms with E-state index in [1.54, 1.807) is 0 Å². The van der Waals surface area contributed by atoms with Gasteiger partial charge in [0, 0.05) is 0 Å². The molecule has 0 saturated carbocycles. The molecule has 0 fully saturated rings. The van der Waals surface area contributed by atoms with E-state index in [4.69, 9.17) is 4.74 Å². The van der Waals surface area contributed by atoms with E-state index in [2.05, 4.69) is 38.1 Å². The molecular formula is C13H18O. The first kappa shape index (κ1) is 9.57. The lowest BCUT2D eigenvalue weighted by Crippen LogP contribution is -2.05. The third kappa shape index (κ3) is 1.77. The van der Waals surface area contributed by atoms with Crippen LogP contribution in [0.4, 0.5) is 0 Å². The molecule has 0 radical (unpaired) electrons. The Bertz CT molecular complexity index is 304. The number of hydrogen-bond acceptors (Lipinski definition) is 1. The van der Waals surface area contributed by atoms with Crippen molar-refractivity contribution in [2.24, 2.45) is 5.92 Å². The monoisotopic (exact) mass is 190 g/mol. The van der Waals surface area contributed by atoms with Crippen molar-refractivity contribution in [1.82, 2.24) is 0 Å². The summed E-state index contributed by atoms with van der Waals surface area (Å²) in [5, 5.41) is 0. The fourth-order valence-electron chi connectivity index (χ4n) is 2.25. The third-order valence-electron chi connectivity index (χ3n) is 3.04. The highest BCUT2D eigenvalue weighted by molar-refractivity contribution is 5.37. The van der Waals surface area contributed by atoms with Gasteiger partial charge in [-0.25, -0.2) is 0 Å². The van der Waals surface area contributed by atoms with Crippen LogP contribution in [0, 0.1) is 5.92 Å². The lowest BCUT2D eigenvalue weighted by molar-refractivity contribution is 0.314. The van der Waals surface area contributed by atoms with Crippen LogP contribution in [0.25, 0.3) is 0 Å². The maximum atomic E-state index is 5.73. The molecule has 2 rings (SSSR count). The van der Waals surface area contributed by atoms with E-state index in [9.17, 15) is 0 Å². The summed E-state index contributed by atoms with van der Waals surface area (Å²) in [6.45, 7) is 5.47. The van der Waals surface area contributed by atoms with Gasteiger partial charge in [-0.2, -0.15) is 0 Å². The van der Waals surface area contributed by atoms with Gasteiger partial charge in [0.05, 0.1) is 6.61 Å². The summed E-state index contributed by atoms with van der Waals surface area (Å²) in [6.07, 6.45) is 2.44. The first-order chi connectivity index (χ1) is 6.79. The Morgan fingerprint density at radius 3 is 2.86 bits per heavy atom. The second-order valence-corrected chi connectivity index (χ2v) is 4.38. The summed E-state index contributed by atoms with van der Waals surface area (Å²) in [6, 6.07) is 8.48. The molecular weight excluding hydrogens is 172 g/mol. The molecule has 0 N–H and O–H groups in total. The van der Waals surface area contributed by atoms with Gasteiger partial charge < -0.3 is 4.74 Å². The van der Waals surface area contributed by atoms with E-state index < -0.39 is 0 Å². The van der Waals surface area contributed by atoms with Crippen LogP contribution in [0.15, 0.2) is 24.3 Å². The average molecular weight is 190 g/mol. The number of fused-ring (bicyclic) bond motifs is 1. The minimum Gasteiger partial charge on any atom is -0.493 e. The summed E-state index contributed by atoms with van der Waals surface area (Å²) < 4.78 is 5.73. The van der Waals surface area contributed by atoms with Crippen molar-refractivity contribution in [3.63, 3.8) is 0 Å². The van der Waals surface area contributed by atoms with Gasteiger partial charge in [0.25, 0.3) is 0 Å². The molecule has 1 heteroatoms. The molecule has 1 unspecified atom stereocenters. The third-order valence-corrected chi connectivity index (χ3v) is 3.04. The van der Waals surface area contributed by atoms with Crippen molar-refractivity contribution in [2.75, 3.05) is 6.61 Å². The van der Waals surface area contributed by atoms with Crippen LogP contribution in [0.5, 0.6) is 5.75 Å². The standard InChI is InChI=1S/C13H18O/c1-10(2)11-7-5-9-14-13-8-4-3-6-12(11)13/h3-4,6,8,10-11H,5,7,9H2,1-2H3. The summed E-state index contributed by atoms with van der Waals surface area (Å²) in [7, 11) is 0. The Balaban J connectivity index is 2.37. The van der Waals surface area contributed by atoms with Crippen molar-refractivity contribution in [1.29, 1.82) is 0 Å². The normalized spacial score (nSPS) is 21.2. The molecule has 0 spiro atoms. The summed E-state index contributed by atoms with van der Waals surface area (Å²) >= 11 is 0. The molecule has 1 aliphatic rings.